The van der Waals surface area contributed by atoms with Gasteiger partial charge >= 0.3 is 0 Å². The zero-order valence-corrected chi connectivity index (χ0v) is 44.3. The van der Waals surface area contributed by atoms with Crippen molar-refractivity contribution in [1.82, 2.24) is 14.5 Å². The summed E-state index contributed by atoms with van der Waals surface area (Å²) in [5.74, 6) is 2.24. The minimum atomic E-state index is -1.34. The molecule has 0 saturated carbocycles. The smallest absolute Gasteiger partial charge is 0.0798 e. The topological polar surface area (TPSA) is 30.7 Å². The largest absolute Gasteiger partial charge is 0.333 e. The Morgan fingerprint density at radius 2 is 1.28 bits per heavy atom. The molecule has 10 rings (SSSR count). The van der Waals surface area contributed by atoms with Crippen molar-refractivity contribution in [2.45, 2.75) is 79.4 Å². The molecule has 0 unspecified atom stereocenters. The average molecular weight is 1090 g/mol. The second kappa shape index (κ2) is 20.2. The van der Waals surface area contributed by atoms with E-state index in [0.29, 0.717) is 17.8 Å². The van der Waals surface area contributed by atoms with Crippen LogP contribution in [-0.4, -0.2) is 22.6 Å². The first-order valence-corrected chi connectivity index (χ1v) is 27.8. The van der Waals surface area contributed by atoms with Crippen LogP contribution in [0.25, 0.3) is 82.5 Å². The molecule has 0 saturated heterocycles. The van der Waals surface area contributed by atoms with E-state index in [1.807, 2.05) is 18.2 Å². The molecule has 0 N–H and O–H groups in total. The van der Waals surface area contributed by atoms with Gasteiger partial charge in [-0.05, 0) is 110 Å². The van der Waals surface area contributed by atoms with Gasteiger partial charge in [-0.3, -0.25) is 16.3 Å². The Morgan fingerprint density at radius 3 is 1.97 bits per heavy atom. The Labute approximate surface area is 416 Å². The van der Waals surface area contributed by atoms with Crippen LogP contribution in [0.1, 0.15) is 70.1 Å². The number of aromatic nitrogens is 3. The number of nitrogens with zero attached hydrogens (tertiary/aromatic N) is 3. The molecule has 0 bridgehead atoms. The molecule has 10 aromatic rings. The number of fused-ring (bicyclic) bond motifs is 3. The van der Waals surface area contributed by atoms with Gasteiger partial charge in [0.15, 0.2) is 0 Å². The van der Waals surface area contributed by atoms with Gasteiger partial charge in [0.2, 0.25) is 0 Å². The Morgan fingerprint density at radius 1 is 0.627 bits per heavy atom. The van der Waals surface area contributed by atoms with Crippen molar-refractivity contribution in [3.8, 4) is 50.6 Å². The first-order chi connectivity index (χ1) is 31.8. The van der Waals surface area contributed by atoms with Gasteiger partial charge in [0.05, 0.1) is 24.9 Å². The van der Waals surface area contributed by atoms with Crippen molar-refractivity contribution >= 4 is 56.5 Å². The zero-order valence-electron chi connectivity index (χ0n) is 40.1. The maximum absolute atomic E-state index is 5.34. The molecule has 7 aromatic carbocycles. The molecule has 3 aromatic heterocycles. The fraction of sp³-hybridized carbons (Fsp3) is 0.213. The van der Waals surface area contributed by atoms with E-state index in [1.54, 1.807) is 11.3 Å². The van der Waals surface area contributed by atoms with Crippen LogP contribution in [0.15, 0.2) is 164 Å². The first-order valence-electron chi connectivity index (χ1n) is 23.5. The number of thiophene rings is 1. The zero-order chi connectivity index (χ0) is 46.1. The van der Waals surface area contributed by atoms with Crippen LogP contribution < -0.4 is 5.19 Å². The van der Waals surface area contributed by atoms with E-state index in [4.69, 9.17) is 4.98 Å². The number of hydrogen-bond donors (Lipinski definition) is 0. The molecule has 6 heteroatoms. The third-order valence-corrected chi connectivity index (χ3v) is 15.5. The Hall–Kier alpha value is -5.75. The van der Waals surface area contributed by atoms with Gasteiger partial charge in [-0.1, -0.05) is 186 Å². The summed E-state index contributed by atoms with van der Waals surface area (Å²) in [6.07, 6.45) is 3.24. The minimum Gasteiger partial charge on any atom is -0.333 e. The number of imidazole rings is 1. The Kier molecular flexibility index (Phi) is 14.4. The summed E-state index contributed by atoms with van der Waals surface area (Å²) in [6, 6.07) is 59.8. The second-order valence-electron chi connectivity index (χ2n) is 19.6. The Bertz CT molecular complexity index is 3280. The molecule has 339 valence electrons. The van der Waals surface area contributed by atoms with Crippen LogP contribution in [0.2, 0.25) is 19.6 Å². The third-order valence-electron chi connectivity index (χ3n) is 12.5. The molecule has 0 atom stereocenters. The molecule has 67 heavy (non-hydrogen) atoms. The SMILES string of the molecule is CC(C)Cc1cc(-c2[c-]cccc2)ncc1[Si](C)(C)C.CC(C)c1cc(-c2ccccc2)cc(C(C)C)c1-n1c(-c2[c-]sc3ccc(-c4ccc5ccccc5c4)cc23)nc2ccccc21.[Ir]. The summed E-state index contributed by atoms with van der Waals surface area (Å²) in [7, 11) is -1.34. The summed E-state index contributed by atoms with van der Waals surface area (Å²) in [6.45, 7) is 21.0. The maximum atomic E-state index is 5.34. The number of rotatable bonds is 10. The van der Waals surface area contributed by atoms with Gasteiger partial charge in [0.25, 0.3) is 0 Å². The quantitative estimate of drug-likeness (QED) is 0.101. The molecule has 0 aliphatic carbocycles. The summed E-state index contributed by atoms with van der Waals surface area (Å²) in [5, 5.41) is 8.89. The predicted octanol–water partition coefficient (Wildman–Crippen LogP) is 16.7. The van der Waals surface area contributed by atoms with Crippen LogP contribution in [0, 0.1) is 17.4 Å². The fourth-order valence-electron chi connectivity index (χ4n) is 9.21. The first kappa shape index (κ1) is 47.7. The summed E-state index contributed by atoms with van der Waals surface area (Å²) < 4.78 is 3.64. The summed E-state index contributed by atoms with van der Waals surface area (Å²) in [4.78, 5) is 10.0. The van der Waals surface area contributed by atoms with Crippen LogP contribution in [0.4, 0.5) is 0 Å². The van der Waals surface area contributed by atoms with Gasteiger partial charge in [-0.15, -0.1) is 41.3 Å². The summed E-state index contributed by atoms with van der Waals surface area (Å²) >= 11 is 1.67. The van der Waals surface area contributed by atoms with E-state index in [2.05, 4.69) is 228 Å². The van der Waals surface area contributed by atoms with Crippen molar-refractivity contribution in [3.05, 3.63) is 192 Å². The molecular weight excluding hydrogens is 1030 g/mol. The Balaban J connectivity index is 0.000000244. The van der Waals surface area contributed by atoms with Gasteiger partial charge in [0, 0.05) is 32.0 Å². The fourth-order valence-corrected chi connectivity index (χ4v) is 11.6. The normalized spacial score (nSPS) is 11.7. The van der Waals surface area contributed by atoms with Crippen LogP contribution in [0.5, 0.6) is 0 Å². The third kappa shape index (κ3) is 10.1. The van der Waals surface area contributed by atoms with E-state index in [9.17, 15) is 0 Å². The van der Waals surface area contributed by atoms with E-state index in [0.717, 1.165) is 40.1 Å². The number of hydrogen-bond acceptors (Lipinski definition) is 3. The van der Waals surface area contributed by atoms with Crippen molar-refractivity contribution in [2.24, 2.45) is 5.92 Å². The monoisotopic (exact) mass is 1090 g/mol. The van der Waals surface area contributed by atoms with Crippen molar-refractivity contribution < 1.29 is 20.1 Å². The van der Waals surface area contributed by atoms with Crippen molar-refractivity contribution in [1.29, 1.82) is 0 Å². The minimum absolute atomic E-state index is 0. The molecule has 0 fully saturated rings. The maximum Gasteiger partial charge on any atom is 0.0798 e. The van der Waals surface area contributed by atoms with Crippen molar-refractivity contribution in [3.63, 3.8) is 0 Å². The molecule has 1 radical (unpaired) electrons. The van der Waals surface area contributed by atoms with E-state index >= 15 is 0 Å². The number of pyridine rings is 1. The average Bonchev–Trinajstić information content (AvgIpc) is 3.92. The molecule has 0 aliphatic rings. The van der Waals surface area contributed by atoms with Gasteiger partial charge in [-0.2, -0.15) is 0 Å². The molecular formula is C61H59IrN3SSi-2. The van der Waals surface area contributed by atoms with Gasteiger partial charge in [-0.25, -0.2) is 0 Å². The van der Waals surface area contributed by atoms with Gasteiger partial charge < -0.3 is 9.55 Å². The molecule has 0 amide bonds. The van der Waals surface area contributed by atoms with Crippen LogP contribution >= 0.6 is 11.3 Å². The van der Waals surface area contributed by atoms with E-state index in [-0.39, 0.29) is 20.1 Å². The second-order valence-corrected chi connectivity index (χ2v) is 25.5. The number of benzene rings is 7. The van der Waals surface area contributed by atoms with E-state index in [1.165, 1.54) is 70.7 Å². The van der Waals surface area contributed by atoms with Crippen molar-refractivity contribution in [2.75, 3.05) is 0 Å². The summed E-state index contributed by atoms with van der Waals surface area (Å²) in [5.41, 5.74) is 15.6. The van der Waals surface area contributed by atoms with Gasteiger partial charge in [0.1, 0.15) is 0 Å². The van der Waals surface area contributed by atoms with Crippen LogP contribution in [-0.2, 0) is 26.5 Å². The standard InChI is InChI=1S/C43H35N2S.C18H24NSi.Ir/c1-27(2)35-24-34(29-12-6-5-7-13-29)25-36(28(3)4)42(35)45-40-17-11-10-16-39(40)44-43(45)38-26-46-41-21-20-33(23-37(38)41)32-19-18-30-14-8-9-15-31(30)22-32;1-14(2)11-16-12-17(15-9-7-6-8-10-15)19-13-18(16)20(3,4)5;/h5-25,27-28H,1-4H3;6-9,12-14H,11H2,1-5H3;/q2*-1;. The molecule has 0 spiro atoms. The number of para-hydroxylation sites is 2. The molecule has 3 heterocycles. The molecule has 0 aliphatic heterocycles. The molecule has 3 nitrogen and oxygen atoms in total. The van der Waals surface area contributed by atoms with Crippen LogP contribution in [0.3, 0.4) is 0 Å². The predicted molar refractivity (Wildman–Crippen MR) is 287 cm³/mol. The van der Waals surface area contributed by atoms with E-state index < -0.39 is 8.07 Å².